The lowest BCUT2D eigenvalue weighted by Crippen LogP contribution is -2.10. The molecule has 0 aliphatic heterocycles. The lowest BCUT2D eigenvalue weighted by Gasteiger charge is -2.02. The van der Waals surface area contributed by atoms with Crippen LogP contribution in [0.5, 0.6) is 0 Å². The number of anilines is 1. The summed E-state index contributed by atoms with van der Waals surface area (Å²) >= 11 is 1.38. The van der Waals surface area contributed by atoms with E-state index in [0.717, 1.165) is 22.0 Å². The minimum Gasteiger partial charge on any atom is -0.454 e. The first-order valence-electron chi connectivity index (χ1n) is 9.59. The van der Waals surface area contributed by atoms with Gasteiger partial charge in [-0.2, -0.15) is 5.10 Å². The highest BCUT2D eigenvalue weighted by atomic mass is 32.1. The van der Waals surface area contributed by atoms with E-state index in [4.69, 9.17) is 4.42 Å². The van der Waals surface area contributed by atoms with Crippen LogP contribution >= 0.6 is 11.3 Å². The minimum absolute atomic E-state index is 0.220. The average Bonchev–Trinajstić information content (AvgIpc) is 3.56. The highest BCUT2D eigenvalue weighted by Gasteiger charge is 2.20. The van der Waals surface area contributed by atoms with Gasteiger partial charge in [-0.15, -0.1) is 0 Å². The third kappa shape index (κ3) is 3.90. The van der Waals surface area contributed by atoms with Gasteiger partial charge in [0, 0.05) is 37.4 Å². The van der Waals surface area contributed by atoms with Crippen LogP contribution in [0.3, 0.4) is 0 Å². The number of hydrogen-bond acceptors (Lipinski definition) is 6. The number of carbonyl (C=O) groups is 1. The summed E-state index contributed by atoms with van der Waals surface area (Å²) in [6.45, 7) is 0.457. The Morgan fingerprint density at radius 2 is 1.97 bits per heavy atom. The van der Waals surface area contributed by atoms with Gasteiger partial charge in [0.05, 0.1) is 17.1 Å². The van der Waals surface area contributed by atoms with E-state index in [1.165, 1.54) is 11.3 Å². The van der Waals surface area contributed by atoms with Crippen molar-refractivity contribution in [2.24, 2.45) is 7.05 Å². The number of rotatable bonds is 6. The molecule has 0 aliphatic carbocycles. The molecule has 1 N–H and O–H groups in total. The molecular weight excluding hydrogens is 412 g/mol. The van der Waals surface area contributed by atoms with Gasteiger partial charge in [-0.3, -0.25) is 14.8 Å². The van der Waals surface area contributed by atoms with Crippen LogP contribution in [0.4, 0.5) is 5.13 Å². The van der Waals surface area contributed by atoms with Crippen LogP contribution in [0.25, 0.3) is 22.0 Å². The van der Waals surface area contributed by atoms with Crippen molar-refractivity contribution < 1.29 is 9.21 Å². The lowest BCUT2D eigenvalue weighted by atomic mass is 10.1. The Bertz CT molecular complexity index is 1320. The minimum atomic E-state index is -0.355. The highest BCUT2D eigenvalue weighted by Crippen LogP contribution is 2.38. The van der Waals surface area contributed by atoms with E-state index in [9.17, 15) is 4.79 Å². The zero-order valence-corrected chi connectivity index (χ0v) is 17.4. The van der Waals surface area contributed by atoms with Crippen molar-refractivity contribution >= 4 is 22.4 Å². The Morgan fingerprint density at radius 3 is 2.71 bits per heavy atom. The van der Waals surface area contributed by atoms with Gasteiger partial charge in [0.2, 0.25) is 0 Å². The number of benzene rings is 1. The molecule has 8 nitrogen and oxygen atoms in total. The van der Waals surface area contributed by atoms with E-state index in [1.54, 1.807) is 29.2 Å². The molecule has 9 heteroatoms. The molecule has 4 heterocycles. The van der Waals surface area contributed by atoms with E-state index in [0.29, 0.717) is 17.4 Å². The Balaban J connectivity index is 1.42. The Morgan fingerprint density at radius 1 is 1.10 bits per heavy atom. The summed E-state index contributed by atoms with van der Waals surface area (Å²) in [6, 6.07) is 15.1. The Kier molecular flexibility index (Phi) is 4.93. The highest BCUT2D eigenvalue weighted by molar-refractivity contribution is 7.19. The van der Waals surface area contributed by atoms with Gasteiger partial charge < -0.3 is 8.98 Å². The maximum atomic E-state index is 12.8. The summed E-state index contributed by atoms with van der Waals surface area (Å²) in [5, 5.41) is 7.48. The molecule has 1 amide bonds. The predicted octanol–water partition coefficient (Wildman–Crippen LogP) is 4.30. The number of amides is 1. The van der Waals surface area contributed by atoms with Gasteiger partial charge in [-0.25, -0.2) is 9.97 Å². The predicted molar refractivity (Wildman–Crippen MR) is 118 cm³/mol. The van der Waals surface area contributed by atoms with E-state index >= 15 is 0 Å². The molecule has 0 atom stereocenters. The number of aromatic nitrogens is 5. The third-order valence-electron chi connectivity index (χ3n) is 4.68. The summed E-state index contributed by atoms with van der Waals surface area (Å²) in [6.07, 6.45) is 7.16. The molecule has 0 spiro atoms. The molecule has 0 fully saturated rings. The molecule has 5 rings (SSSR count). The molecule has 1 aromatic carbocycles. The summed E-state index contributed by atoms with van der Waals surface area (Å²) < 4.78 is 9.35. The number of imidazole rings is 1. The van der Waals surface area contributed by atoms with Crippen molar-refractivity contribution in [3.8, 4) is 22.0 Å². The van der Waals surface area contributed by atoms with E-state index in [2.05, 4.69) is 20.4 Å². The first-order valence-corrected chi connectivity index (χ1v) is 10.4. The van der Waals surface area contributed by atoms with Crippen molar-refractivity contribution in [3.63, 3.8) is 0 Å². The number of carbonyl (C=O) groups excluding carboxylic acids is 1. The number of furan rings is 1. The molecule has 0 radical (unpaired) electrons. The molecule has 5 aromatic rings. The van der Waals surface area contributed by atoms with Crippen LogP contribution in [0.15, 0.2) is 77.7 Å². The van der Waals surface area contributed by atoms with Crippen LogP contribution in [-0.4, -0.2) is 30.2 Å². The Labute approximate surface area is 181 Å². The molecule has 4 aromatic heterocycles. The summed E-state index contributed by atoms with van der Waals surface area (Å²) in [5.41, 5.74) is 1.73. The van der Waals surface area contributed by atoms with Crippen molar-refractivity contribution in [1.82, 2.24) is 24.3 Å². The van der Waals surface area contributed by atoms with Gasteiger partial charge in [-0.05, 0) is 18.2 Å². The molecule has 0 bridgehead atoms. The summed E-state index contributed by atoms with van der Waals surface area (Å²) in [7, 11) is 1.93. The molecule has 0 unspecified atom stereocenters. The smallest absolute Gasteiger partial charge is 0.293 e. The van der Waals surface area contributed by atoms with Crippen molar-refractivity contribution in [1.29, 1.82) is 0 Å². The topological polar surface area (TPSA) is 90.8 Å². The molecule has 154 valence electrons. The van der Waals surface area contributed by atoms with E-state index < -0.39 is 0 Å². The van der Waals surface area contributed by atoms with Crippen LogP contribution in [0, 0.1) is 0 Å². The van der Waals surface area contributed by atoms with Gasteiger partial charge in [-0.1, -0.05) is 41.7 Å². The normalized spacial score (nSPS) is 11.0. The monoisotopic (exact) mass is 430 g/mol. The first-order chi connectivity index (χ1) is 15.2. The number of thiazole rings is 1. The fourth-order valence-corrected chi connectivity index (χ4v) is 4.22. The molecule has 0 saturated carbocycles. The maximum Gasteiger partial charge on any atom is 0.293 e. The van der Waals surface area contributed by atoms with E-state index in [-0.39, 0.29) is 11.7 Å². The third-order valence-corrected chi connectivity index (χ3v) is 5.65. The average molecular weight is 430 g/mol. The largest absolute Gasteiger partial charge is 0.454 e. The van der Waals surface area contributed by atoms with Crippen LogP contribution in [0.2, 0.25) is 0 Å². The molecule has 31 heavy (non-hydrogen) atoms. The van der Waals surface area contributed by atoms with Crippen molar-refractivity contribution in [2.75, 3.05) is 5.32 Å². The first kappa shape index (κ1) is 19.0. The van der Waals surface area contributed by atoms with Crippen molar-refractivity contribution in [3.05, 3.63) is 84.8 Å². The quantitative estimate of drug-likeness (QED) is 0.434. The van der Waals surface area contributed by atoms with E-state index in [1.807, 2.05) is 60.4 Å². The second-order valence-corrected chi connectivity index (χ2v) is 7.85. The number of hydrogen-bond donors (Lipinski definition) is 1. The lowest BCUT2D eigenvalue weighted by molar-refractivity contribution is 0.0994. The summed E-state index contributed by atoms with van der Waals surface area (Å²) in [5.74, 6) is 1.30. The van der Waals surface area contributed by atoms with Gasteiger partial charge in [0.25, 0.3) is 5.91 Å². The van der Waals surface area contributed by atoms with Gasteiger partial charge in [0.15, 0.2) is 16.7 Å². The van der Waals surface area contributed by atoms with Crippen LogP contribution in [0.1, 0.15) is 16.3 Å². The second kappa shape index (κ2) is 8.04. The zero-order valence-electron chi connectivity index (χ0n) is 16.6. The van der Waals surface area contributed by atoms with Gasteiger partial charge >= 0.3 is 0 Å². The fourth-order valence-electron chi connectivity index (χ4n) is 3.20. The number of nitrogens with one attached hydrogen (secondary N) is 1. The standard InChI is InChI=1S/C22H18N6O2S/c1-27-13-11-23-20(27)19-18(15-6-3-2-4-7-15)25-22(31-19)26-21(29)17-9-8-16(30-17)14-28-12-5-10-24-28/h2-13H,14H2,1H3,(H,25,26,29). The zero-order chi connectivity index (χ0) is 21.2. The number of aryl methyl sites for hydroxylation is 1. The molecule has 0 aliphatic rings. The maximum absolute atomic E-state index is 12.8. The summed E-state index contributed by atoms with van der Waals surface area (Å²) in [4.78, 5) is 22.8. The molecule has 0 saturated heterocycles. The Hall–Kier alpha value is -3.98. The second-order valence-electron chi connectivity index (χ2n) is 6.85. The fraction of sp³-hybridized carbons (Fsp3) is 0.0909. The van der Waals surface area contributed by atoms with Crippen LogP contribution in [-0.2, 0) is 13.6 Å². The molecular formula is C22H18N6O2S. The van der Waals surface area contributed by atoms with Gasteiger partial charge in [0.1, 0.15) is 5.76 Å². The number of nitrogens with zero attached hydrogens (tertiary/aromatic N) is 5. The SMILES string of the molecule is Cn1ccnc1-c1sc(NC(=O)c2ccc(Cn3cccn3)o2)nc1-c1ccccc1. The van der Waals surface area contributed by atoms with Crippen LogP contribution < -0.4 is 5.32 Å². The van der Waals surface area contributed by atoms with Crippen molar-refractivity contribution in [2.45, 2.75) is 6.54 Å².